The van der Waals surface area contributed by atoms with Crippen LogP contribution in [0, 0.1) is 5.82 Å². The van der Waals surface area contributed by atoms with Crippen molar-refractivity contribution in [2.45, 2.75) is 56.3 Å². The Morgan fingerprint density at radius 2 is 1.55 bits per heavy atom. The highest BCUT2D eigenvalue weighted by molar-refractivity contribution is 5.79. The van der Waals surface area contributed by atoms with Crippen LogP contribution in [0.4, 0.5) is 30.7 Å². The summed E-state index contributed by atoms with van der Waals surface area (Å²) in [6.07, 6.45) is -10.8. The zero-order chi connectivity index (χ0) is 24.1. The third kappa shape index (κ3) is 4.71. The minimum Gasteiger partial charge on any atom is -0.368 e. The van der Waals surface area contributed by atoms with E-state index in [2.05, 4.69) is 0 Å². The van der Waals surface area contributed by atoms with Crippen LogP contribution in [0.25, 0.3) is 0 Å². The first-order chi connectivity index (χ1) is 15.3. The molecule has 2 heterocycles. The largest absolute Gasteiger partial charge is 0.416 e. The zero-order valence-corrected chi connectivity index (χ0v) is 17.4. The number of rotatable bonds is 4. The average Bonchev–Trinajstić information content (AvgIpc) is 3.26. The first kappa shape index (κ1) is 23.5. The quantitative estimate of drug-likeness (QED) is 0.501. The highest BCUT2D eigenvalue weighted by Crippen LogP contribution is 2.44. The molecule has 0 aromatic heterocycles. The summed E-state index contributed by atoms with van der Waals surface area (Å²) in [5, 5.41) is 0. The molecule has 10 heteroatoms. The van der Waals surface area contributed by atoms with Gasteiger partial charge in [-0.1, -0.05) is 12.1 Å². The summed E-state index contributed by atoms with van der Waals surface area (Å²) >= 11 is 0. The molecular weight excluding hydrogens is 455 g/mol. The van der Waals surface area contributed by atoms with Crippen molar-refractivity contribution in [1.82, 2.24) is 4.90 Å². The lowest BCUT2D eigenvalue weighted by molar-refractivity contribution is -0.143. The molecule has 0 spiro atoms. The maximum atomic E-state index is 13.4. The van der Waals surface area contributed by atoms with Gasteiger partial charge < -0.3 is 9.64 Å². The first-order valence-corrected chi connectivity index (χ1v) is 10.3. The SMILES string of the molecule is C[C@@H](OC1CN2C(=O)CC[C@H]2C1c1ccc(F)cc1)c1cc(C(F)(F)F)cc(C(F)(F)F)c1. The van der Waals surface area contributed by atoms with Crippen molar-refractivity contribution in [3.63, 3.8) is 0 Å². The number of halogens is 7. The average molecular weight is 475 g/mol. The molecule has 0 bridgehead atoms. The lowest BCUT2D eigenvalue weighted by atomic mass is 9.88. The van der Waals surface area contributed by atoms with Crippen LogP contribution < -0.4 is 0 Å². The molecule has 2 aromatic carbocycles. The smallest absolute Gasteiger partial charge is 0.368 e. The van der Waals surface area contributed by atoms with Crippen LogP contribution >= 0.6 is 0 Å². The number of ether oxygens (including phenoxy) is 1. The maximum absolute atomic E-state index is 13.4. The molecule has 3 nitrogen and oxygen atoms in total. The summed E-state index contributed by atoms with van der Waals surface area (Å²) in [6.45, 7) is 1.53. The Morgan fingerprint density at radius 1 is 0.970 bits per heavy atom. The van der Waals surface area contributed by atoms with E-state index in [4.69, 9.17) is 4.74 Å². The van der Waals surface area contributed by atoms with Gasteiger partial charge in [0.15, 0.2) is 0 Å². The van der Waals surface area contributed by atoms with Gasteiger partial charge in [-0.15, -0.1) is 0 Å². The van der Waals surface area contributed by atoms with Gasteiger partial charge in [0, 0.05) is 24.9 Å². The third-order valence-electron chi connectivity index (χ3n) is 6.28. The minimum absolute atomic E-state index is 0.0713. The van der Waals surface area contributed by atoms with E-state index in [1.807, 2.05) is 0 Å². The minimum atomic E-state index is -4.96. The molecule has 2 aliphatic rings. The summed E-state index contributed by atoms with van der Waals surface area (Å²) in [6, 6.07) is 6.77. The Balaban J connectivity index is 1.66. The highest BCUT2D eigenvalue weighted by Gasteiger charge is 2.49. The van der Waals surface area contributed by atoms with E-state index in [1.54, 1.807) is 17.0 Å². The Bertz CT molecular complexity index is 1000. The third-order valence-corrected chi connectivity index (χ3v) is 6.28. The van der Waals surface area contributed by atoms with Gasteiger partial charge in [-0.05, 0) is 54.8 Å². The Morgan fingerprint density at radius 3 is 2.09 bits per heavy atom. The number of nitrogens with zero attached hydrogens (tertiary/aromatic N) is 1. The zero-order valence-electron chi connectivity index (χ0n) is 17.4. The van der Waals surface area contributed by atoms with Crippen molar-refractivity contribution in [1.29, 1.82) is 0 Å². The van der Waals surface area contributed by atoms with Gasteiger partial charge in [0.2, 0.25) is 5.91 Å². The maximum Gasteiger partial charge on any atom is 0.416 e. The lowest BCUT2D eigenvalue weighted by Crippen LogP contribution is -2.29. The van der Waals surface area contributed by atoms with Crippen LogP contribution in [-0.2, 0) is 21.9 Å². The molecule has 2 aliphatic heterocycles. The normalized spacial score (nSPS) is 24.3. The highest BCUT2D eigenvalue weighted by atomic mass is 19.4. The van der Waals surface area contributed by atoms with Gasteiger partial charge in [0.1, 0.15) is 5.82 Å². The standard InChI is InChI=1S/C23H20F7NO2/c1-12(14-8-15(22(25,26)27)10-16(9-14)23(28,29)30)33-19-11-31-18(6-7-20(31)32)21(19)13-2-4-17(24)5-3-13/h2-5,8-10,12,18-19,21H,6-7,11H2,1H3/t12-,18+,19?,21?/m1/s1. The molecule has 0 saturated carbocycles. The molecule has 0 N–H and O–H groups in total. The fourth-order valence-corrected chi connectivity index (χ4v) is 4.73. The number of carbonyl (C=O) groups is 1. The number of hydrogen-bond donors (Lipinski definition) is 0. The van der Waals surface area contributed by atoms with Crippen molar-refractivity contribution in [3.05, 3.63) is 70.5 Å². The molecule has 2 unspecified atom stereocenters. The summed E-state index contributed by atoms with van der Waals surface area (Å²) in [5.74, 6) is -0.928. The second kappa shape index (κ2) is 8.30. The molecule has 2 fully saturated rings. The Labute approximate surface area is 185 Å². The van der Waals surface area contributed by atoms with E-state index in [0.717, 1.165) is 0 Å². The van der Waals surface area contributed by atoms with Crippen LogP contribution in [0.3, 0.4) is 0 Å². The number of benzene rings is 2. The topological polar surface area (TPSA) is 29.5 Å². The second-order valence-electron chi connectivity index (χ2n) is 8.39. The fraction of sp³-hybridized carbons (Fsp3) is 0.435. The van der Waals surface area contributed by atoms with Gasteiger partial charge in [0.25, 0.3) is 0 Å². The molecule has 2 aromatic rings. The van der Waals surface area contributed by atoms with Crippen LogP contribution in [-0.4, -0.2) is 29.5 Å². The van der Waals surface area contributed by atoms with E-state index >= 15 is 0 Å². The molecule has 0 radical (unpaired) electrons. The number of hydrogen-bond acceptors (Lipinski definition) is 2. The Hall–Kier alpha value is -2.62. The molecule has 2 saturated heterocycles. The van der Waals surface area contributed by atoms with Crippen molar-refractivity contribution in [2.24, 2.45) is 0 Å². The van der Waals surface area contributed by atoms with Crippen LogP contribution in [0.2, 0.25) is 0 Å². The van der Waals surface area contributed by atoms with Crippen molar-refractivity contribution >= 4 is 5.91 Å². The van der Waals surface area contributed by atoms with Crippen molar-refractivity contribution in [2.75, 3.05) is 6.54 Å². The summed E-state index contributed by atoms with van der Waals surface area (Å²) in [4.78, 5) is 13.9. The number of carbonyl (C=O) groups excluding carboxylic acids is 1. The molecule has 4 rings (SSSR count). The van der Waals surface area contributed by atoms with Crippen LogP contribution in [0.5, 0.6) is 0 Å². The number of alkyl halides is 6. The Kier molecular flexibility index (Phi) is 5.92. The van der Waals surface area contributed by atoms with E-state index < -0.39 is 41.5 Å². The fourth-order valence-electron chi connectivity index (χ4n) is 4.73. The van der Waals surface area contributed by atoms with Crippen molar-refractivity contribution < 1.29 is 40.3 Å². The van der Waals surface area contributed by atoms with E-state index in [-0.39, 0.29) is 36.0 Å². The predicted molar refractivity (Wildman–Crippen MR) is 104 cm³/mol. The summed E-state index contributed by atoms with van der Waals surface area (Å²) < 4.78 is 98.8. The first-order valence-electron chi connectivity index (χ1n) is 10.3. The van der Waals surface area contributed by atoms with E-state index in [9.17, 15) is 35.5 Å². The molecule has 4 atom stereocenters. The lowest BCUT2D eigenvalue weighted by Gasteiger charge is -2.27. The molecule has 1 amide bonds. The van der Waals surface area contributed by atoms with Crippen LogP contribution in [0.15, 0.2) is 42.5 Å². The summed E-state index contributed by atoms with van der Waals surface area (Å²) in [7, 11) is 0. The predicted octanol–water partition coefficient (Wildman–Crippen LogP) is 6.10. The number of amides is 1. The van der Waals surface area contributed by atoms with Crippen LogP contribution in [0.1, 0.15) is 54.0 Å². The molecule has 178 valence electrons. The van der Waals surface area contributed by atoms with E-state index in [1.165, 1.54) is 19.1 Å². The van der Waals surface area contributed by atoms with E-state index in [0.29, 0.717) is 30.5 Å². The molecule has 33 heavy (non-hydrogen) atoms. The van der Waals surface area contributed by atoms with Gasteiger partial charge in [-0.25, -0.2) is 4.39 Å². The second-order valence-corrected chi connectivity index (χ2v) is 8.39. The van der Waals surface area contributed by atoms with Gasteiger partial charge >= 0.3 is 12.4 Å². The van der Waals surface area contributed by atoms with Gasteiger partial charge in [-0.3, -0.25) is 4.79 Å². The molecular formula is C23H20F7NO2. The summed E-state index contributed by atoms with van der Waals surface area (Å²) in [5.41, 5.74) is -2.41. The van der Waals surface area contributed by atoms with Crippen molar-refractivity contribution in [3.8, 4) is 0 Å². The monoisotopic (exact) mass is 475 g/mol. The van der Waals surface area contributed by atoms with Gasteiger partial charge in [0.05, 0.1) is 23.3 Å². The number of fused-ring (bicyclic) bond motifs is 1. The van der Waals surface area contributed by atoms with Gasteiger partial charge in [-0.2, -0.15) is 26.3 Å². The molecule has 0 aliphatic carbocycles.